The van der Waals surface area contributed by atoms with Gasteiger partial charge in [-0.2, -0.15) is 0 Å². The highest BCUT2D eigenvalue weighted by molar-refractivity contribution is 6.43. The van der Waals surface area contributed by atoms with Crippen LogP contribution in [0.5, 0.6) is 0 Å². The second-order valence-corrected chi connectivity index (χ2v) is 6.74. The van der Waals surface area contributed by atoms with Crippen LogP contribution in [0.25, 0.3) is 0 Å². The Morgan fingerprint density at radius 2 is 1.83 bits per heavy atom. The molecule has 150 valence electrons. The van der Waals surface area contributed by atoms with E-state index in [2.05, 4.69) is 10.6 Å². The molecule has 3 amide bonds. The lowest BCUT2D eigenvalue weighted by Crippen LogP contribution is -2.35. The van der Waals surface area contributed by atoms with Crippen LogP contribution in [0.1, 0.15) is 24.8 Å². The number of nitro benzene ring substituents is 1. The van der Waals surface area contributed by atoms with Gasteiger partial charge < -0.3 is 15.5 Å². The maximum atomic E-state index is 12.2. The lowest BCUT2D eigenvalue weighted by atomic mass is 10.1. The number of hydrogen-bond acceptors (Lipinski definition) is 5. The normalized spacial score (nSPS) is 13.7. The first-order chi connectivity index (χ1) is 13.8. The molecule has 2 aromatic carbocycles. The van der Waals surface area contributed by atoms with Gasteiger partial charge in [-0.05, 0) is 49.6 Å². The van der Waals surface area contributed by atoms with E-state index in [1.807, 2.05) is 0 Å². The van der Waals surface area contributed by atoms with Gasteiger partial charge >= 0.3 is 11.8 Å². The molecule has 0 radical (unpaired) electrons. The standard InChI is InChI=1S/C20H20N4O5/c1-13-8-9-16(17(11-13)24(28)29)22-20(27)19(26)21-14-5-4-6-15(12-14)23-10-3-2-7-18(23)25/h4-6,8-9,11-12H,2-3,7,10H2,1H3,(H,21,26)(H,22,27). The second kappa shape index (κ2) is 8.51. The van der Waals surface area contributed by atoms with Crippen LogP contribution in [0.3, 0.4) is 0 Å². The third-order valence-electron chi connectivity index (χ3n) is 4.54. The van der Waals surface area contributed by atoms with E-state index in [9.17, 15) is 24.5 Å². The minimum Gasteiger partial charge on any atom is -0.318 e. The quantitative estimate of drug-likeness (QED) is 0.467. The Morgan fingerprint density at radius 3 is 2.55 bits per heavy atom. The van der Waals surface area contributed by atoms with Crippen LogP contribution >= 0.6 is 0 Å². The Morgan fingerprint density at radius 1 is 1.07 bits per heavy atom. The van der Waals surface area contributed by atoms with E-state index in [4.69, 9.17) is 0 Å². The highest BCUT2D eigenvalue weighted by Gasteiger charge is 2.22. The zero-order chi connectivity index (χ0) is 21.0. The molecule has 29 heavy (non-hydrogen) atoms. The number of anilines is 3. The number of hydrogen-bond donors (Lipinski definition) is 2. The smallest absolute Gasteiger partial charge is 0.314 e. The van der Waals surface area contributed by atoms with Gasteiger partial charge in [0.25, 0.3) is 5.69 Å². The summed E-state index contributed by atoms with van der Waals surface area (Å²) in [6.45, 7) is 2.29. The van der Waals surface area contributed by atoms with E-state index in [1.165, 1.54) is 12.1 Å². The summed E-state index contributed by atoms with van der Waals surface area (Å²) in [5.41, 5.74) is 1.29. The summed E-state index contributed by atoms with van der Waals surface area (Å²) in [5.74, 6) is -1.98. The summed E-state index contributed by atoms with van der Waals surface area (Å²) in [6, 6.07) is 10.9. The molecule has 1 aliphatic rings. The van der Waals surface area contributed by atoms with Gasteiger partial charge in [-0.15, -0.1) is 0 Å². The third kappa shape index (κ3) is 4.75. The van der Waals surface area contributed by atoms with Crippen LogP contribution in [0, 0.1) is 17.0 Å². The van der Waals surface area contributed by atoms with Crippen molar-refractivity contribution in [3.63, 3.8) is 0 Å². The molecular weight excluding hydrogens is 376 g/mol. The predicted molar refractivity (Wildman–Crippen MR) is 108 cm³/mol. The van der Waals surface area contributed by atoms with Gasteiger partial charge in [-0.3, -0.25) is 24.5 Å². The number of piperidine rings is 1. The Bertz CT molecular complexity index is 989. The van der Waals surface area contributed by atoms with Crippen molar-refractivity contribution in [3.8, 4) is 0 Å². The molecule has 0 aromatic heterocycles. The van der Waals surface area contributed by atoms with E-state index in [1.54, 1.807) is 42.2 Å². The van der Waals surface area contributed by atoms with Crippen LogP contribution in [0.4, 0.5) is 22.7 Å². The molecule has 0 saturated carbocycles. The molecule has 9 heteroatoms. The summed E-state index contributed by atoms with van der Waals surface area (Å²) < 4.78 is 0. The highest BCUT2D eigenvalue weighted by Crippen LogP contribution is 2.26. The molecule has 0 unspecified atom stereocenters. The molecular formula is C20H20N4O5. The number of benzene rings is 2. The Hall–Kier alpha value is -3.75. The van der Waals surface area contributed by atoms with Gasteiger partial charge in [0.05, 0.1) is 4.92 Å². The second-order valence-electron chi connectivity index (χ2n) is 6.74. The largest absolute Gasteiger partial charge is 0.318 e. The fraction of sp³-hybridized carbons (Fsp3) is 0.250. The molecule has 0 spiro atoms. The maximum absolute atomic E-state index is 12.2. The molecule has 1 aliphatic heterocycles. The third-order valence-corrected chi connectivity index (χ3v) is 4.54. The molecule has 0 atom stereocenters. The molecule has 9 nitrogen and oxygen atoms in total. The van der Waals surface area contributed by atoms with Crippen LogP contribution < -0.4 is 15.5 Å². The number of amides is 3. The lowest BCUT2D eigenvalue weighted by molar-refractivity contribution is -0.384. The monoisotopic (exact) mass is 396 g/mol. The van der Waals surface area contributed by atoms with Crippen LogP contribution in [-0.4, -0.2) is 29.2 Å². The van der Waals surface area contributed by atoms with E-state index in [0.29, 0.717) is 29.9 Å². The zero-order valence-electron chi connectivity index (χ0n) is 15.8. The summed E-state index contributed by atoms with van der Waals surface area (Å²) >= 11 is 0. The maximum Gasteiger partial charge on any atom is 0.314 e. The van der Waals surface area contributed by atoms with E-state index in [-0.39, 0.29) is 17.3 Å². The van der Waals surface area contributed by atoms with Gasteiger partial charge in [0.1, 0.15) is 5.69 Å². The highest BCUT2D eigenvalue weighted by atomic mass is 16.6. The summed E-state index contributed by atoms with van der Waals surface area (Å²) in [4.78, 5) is 48.7. The van der Waals surface area contributed by atoms with Gasteiger partial charge in [0.15, 0.2) is 0 Å². The summed E-state index contributed by atoms with van der Waals surface area (Å²) in [5, 5.41) is 15.9. The number of carbonyl (C=O) groups excluding carboxylic acids is 3. The number of nitrogens with zero attached hydrogens (tertiary/aromatic N) is 2. The average Bonchev–Trinajstić information content (AvgIpc) is 2.69. The lowest BCUT2D eigenvalue weighted by Gasteiger charge is -2.27. The van der Waals surface area contributed by atoms with E-state index < -0.39 is 16.7 Å². The molecule has 1 fully saturated rings. The van der Waals surface area contributed by atoms with Crippen molar-refractivity contribution >= 4 is 40.5 Å². The number of nitrogens with one attached hydrogen (secondary N) is 2. The molecule has 2 aromatic rings. The molecule has 0 aliphatic carbocycles. The number of aryl methyl sites for hydroxylation is 1. The fourth-order valence-corrected chi connectivity index (χ4v) is 3.10. The topological polar surface area (TPSA) is 122 Å². The number of nitro groups is 1. The minimum absolute atomic E-state index is 0.0177. The molecule has 1 heterocycles. The first-order valence-electron chi connectivity index (χ1n) is 9.13. The molecule has 0 bridgehead atoms. The molecule has 3 rings (SSSR count). The fourth-order valence-electron chi connectivity index (χ4n) is 3.10. The van der Waals surface area contributed by atoms with E-state index in [0.717, 1.165) is 12.8 Å². The van der Waals surface area contributed by atoms with Crippen LogP contribution in [0.2, 0.25) is 0 Å². The van der Waals surface area contributed by atoms with Crippen molar-refractivity contribution in [3.05, 3.63) is 58.1 Å². The first-order valence-corrected chi connectivity index (χ1v) is 9.13. The van der Waals surface area contributed by atoms with Crippen molar-refractivity contribution in [1.82, 2.24) is 0 Å². The average molecular weight is 396 g/mol. The summed E-state index contributed by atoms with van der Waals surface area (Å²) in [6.07, 6.45) is 2.24. The Kier molecular flexibility index (Phi) is 5.87. The number of carbonyl (C=O) groups is 3. The Balaban J connectivity index is 1.71. The van der Waals surface area contributed by atoms with Crippen LogP contribution in [0.15, 0.2) is 42.5 Å². The van der Waals surface area contributed by atoms with Crippen molar-refractivity contribution < 1.29 is 19.3 Å². The van der Waals surface area contributed by atoms with Crippen molar-refractivity contribution in [2.45, 2.75) is 26.2 Å². The Labute approximate surface area is 166 Å². The van der Waals surface area contributed by atoms with Gasteiger partial charge in [-0.1, -0.05) is 12.1 Å². The zero-order valence-corrected chi connectivity index (χ0v) is 15.8. The first kappa shape index (κ1) is 20.0. The van der Waals surface area contributed by atoms with Crippen molar-refractivity contribution in [2.24, 2.45) is 0 Å². The van der Waals surface area contributed by atoms with Gasteiger partial charge in [0, 0.05) is 30.4 Å². The minimum atomic E-state index is -1.03. The molecule has 2 N–H and O–H groups in total. The summed E-state index contributed by atoms with van der Waals surface area (Å²) in [7, 11) is 0. The number of rotatable bonds is 4. The van der Waals surface area contributed by atoms with Gasteiger partial charge in [0.2, 0.25) is 5.91 Å². The molecule has 1 saturated heterocycles. The van der Waals surface area contributed by atoms with Crippen molar-refractivity contribution in [2.75, 3.05) is 22.1 Å². The SMILES string of the molecule is Cc1ccc(NC(=O)C(=O)Nc2cccc(N3CCCCC3=O)c2)c([N+](=O)[O-])c1. The van der Waals surface area contributed by atoms with Crippen LogP contribution in [-0.2, 0) is 14.4 Å². The predicted octanol–water partition coefficient (Wildman–Crippen LogP) is 3.00. The van der Waals surface area contributed by atoms with E-state index >= 15 is 0 Å². The van der Waals surface area contributed by atoms with Gasteiger partial charge in [-0.25, -0.2) is 0 Å². The van der Waals surface area contributed by atoms with Crippen molar-refractivity contribution in [1.29, 1.82) is 0 Å².